The van der Waals surface area contributed by atoms with E-state index < -0.39 is 0 Å². The molecule has 1 aliphatic heterocycles. The van der Waals surface area contributed by atoms with Crippen molar-refractivity contribution in [2.45, 2.75) is 71.4 Å². The maximum absolute atomic E-state index is 12.5. The number of anilines is 2. The summed E-state index contributed by atoms with van der Waals surface area (Å²) in [5.74, 6) is -0.0214. The molecule has 1 aliphatic rings. The Morgan fingerprint density at radius 2 is 1.52 bits per heavy atom. The second kappa shape index (κ2) is 10.9. The van der Waals surface area contributed by atoms with Crippen LogP contribution in [0.5, 0.6) is 0 Å². The fraction of sp³-hybridized carbons (Fsp3) is 0.619. The van der Waals surface area contributed by atoms with E-state index >= 15 is 0 Å². The molecule has 0 radical (unpaired) electrons. The van der Waals surface area contributed by atoms with Crippen LogP contribution in [-0.4, -0.2) is 42.0 Å². The number of benzene rings is 1. The Kier molecular flexibility index (Phi) is 8.58. The first kappa shape index (κ1) is 21.2. The molecule has 3 N–H and O–H groups in total. The van der Waals surface area contributed by atoms with Gasteiger partial charge in [0.1, 0.15) is 0 Å². The van der Waals surface area contributed by atoms with Gasteiger partial charge in [0.15, 0.2) is 0 Å². The fourth-order valence-electron chi connectivity index (χ4n) is 3.32. The Hall–Kier alpha value is -2.08. The van der Waals surface area contributed by atoms with Gasteiger partial charge < -0.3 is 20.9 Å². The van der Waals surface area contributed by atoms with Gasteiger partial charge in [0.25, 0.3) is 0 Å². The van der Waals surface area contributed by atoms with Crippen LogP contribution in [0, 0.1) is 0 Å². The Morgan fingerprint density at radius 3 is 2.04 bits per heavy atom. The summed E-state index contributed by atoms with van der Waals surface area (Å²) < 4.78 is 0. The topological polar surface area (TPSA) is 73.5 Å². The van der Waals surface area contributed by atoms with Gasteiger partial charge in [-0.2, -0.15) is 0 Å². The first-order chi connectivity index (χ1) is 13.0. The van der Waals surface area contributed by atoms with Crippen molar-refractivity contribution in [1.29, 1.82) is 0 Å². The molecule has 1 saturated heterocycles. The van der Waals surface area contributed by atoms with Crippen molar-refractivity contribution >= 4 is 23.3 Å². The Morgan fingerprint density at radius 1 is 0.963 bits per heavy atom. The van der Waals surface area contributed by atoms with Gasteiger partial charge in [0, 0.05) is 30.5 Å². The minimum Gasteiger partial charge on any atom is -0.325 e. The number of carbonyl (C=O) groups excluding carboxylic acids is 2. The summed E-state index contributed by atoms with van der Waals surface area (Å²) in [5.41, 5.74) is 1.48. The number of likely N-dealkylation sites (tertiary alicyclic amines) is 1. The summed E-state index contributed by atoms with van der Waals surface area (Å²) >= 11 is 0. The molecular formula is C21H34N4O2. The molecule has 1 fully saturated rings. The third-order valence-corrected chi connectivity index (χ3v) is 4.73. The van der Waals surface area contributed by atoms with Crippen LogP contribution < -0.4 is 16.0 Å². The molecule has 6 nitrogen and oxygen atoms in total. The molecule has 150 valence electrons. The van der Waals surface area contributed by atoms with Crippen molar-refractivity contribution < 1.29 is 9.59 Å². The number of carbonyl (C=O) groups is 2. The zero-order valence-electron chi connectivity index (χ0n) is 16.9. The number of nitrogens with zero attached hydrogens (tertiary/aromatic N) is 1. The third-order valence-electron chi connectivity index (χ3n) is 4.73. The second-order valence-electron chi connectivity index (χ2n) is 7.56. The predicted molar refractivity (Wildman–Crippen MR) is 111 cm³/mol. The summed E-state index contributed by atoms with van der Waals surface area (Å²) in [6.45, 7) is 7.79. The molecule has 6 heteroatoms. The van der Waals surface area contributed by atoms with Crippen LogP contribution in [0.15, 0.2) is 24.3 Å². The van der Waals surface area contributed by atoms with E-state index in [1.54, 1.807) is 0 Å². The number of hydrogen-bond donors (Lipinski definition) is 3. The van der Waals surface area contributed by atoms with Gasteiger partial charge in [0.05, 0.1) is 6.04 Å². The Labute approximate surface area is 163 Å². The number of nitrogens with one attached hydrogen (secondary N) is 3. The Balaban J connectivity index is 1.89. The third kappa shape index (κ3) is 7.21. The van der Waals surface area contributed by atoms with E-state index in [1.807, 2.05) is 43.0 Å². The van der Waals surface area contributed by atoms with Crippen molar-refractivity contribution in [1.82, 2.24) is 10.2 Å². The highest BCUT2D eigenvalue weighted by molar-refractivity contribution is 5.95. The molecule has 1 atom stereocenters. The number of urea groups is 1. The summed E-state index contributed by atoms with van der Waals surface area (Å²) in [5, 5.41) is 9.22. The molecule has 0 saturated carbocycles. The van der Waals surface area contributed by atoms with Crippen molar-refractivity contribution in [2.75, 3.05) is 23.7 Å². The smallest absolute Gasteiger partial charge is 0.321 e. The van der Waals surface area contributed by atoms with Crippen molar-refractivity contribution in [3.05, 3.63) is 24.3 Å². The van der Waals surface area contributed by atoms with Gasteiger partial charge in [-0.15, -0.1) is 0 Å². The van der Waals surface area contributed by atoms with Crippen LogP contribution in [-0.2, 0) is 4.79 Å². The number of hydrogen-bond acceptors (Lipinski definition) is 3. The van der Waals surface area contributed by atoms with Crippen molar-refractivity contribution in [3.8, 4) is 0 Å². The van der Waals surface area contributed by atoms with E-state index in [2.05, 4.69) is 22.9 Å². The maximum atomic E-state index is 12.5. The van der Waals surface area contributed by atoms with Crippen LogP contribution in [0.1, 0.15) is 59.3 Å². The van der Waals surface area contributed by atoms with Gasteiger partial charge >= 0.3 is 6.03 Å². The van der Waals surface area contributed by atoms with E-state index in [4.69, 9.17) is 0 Å². The summed E-state index contributed by atoms with van der Waals surface area (Å²) in [6, 6.07) is 7.33. The maximum Gasteiger partial charge on any atom is 0.321 e. The second-order valence-corrected chi connectivity index (χ2v) is 7.56. The molecule has 3 amide bonds. The molecule has 1 heterocycles. The fourth-order valence-corrected chi connectivity index (χ4v) is 3.32. The summed E-state index contributed by atoms with van der Waals surface area (Å²) in [6.07, 6.45) is 6.28. The minimum atomic E-state index is -0.197. The van der Waals surface area contributed by atoms with E-state index in [0.29, 0.717) is 0 Å². The van der Waals surface area contributed by atoms with Crippen molar-refractivity contribution in [2.24, 2.45) is 0 Å². The Bertz CT molecular complexity index is 593. The lowest BCUT2D eigenvalue weighted by molar-refractivity contribution is -0.118. The van der Waals surface area contributed by atoms with Gasteiger partial charge in [-0.25, -0.2) is 4.79 Å². The molecule has 1 aromatic rings. The van der Waals surface area contributed by atoms with Crippen LogP contribution in [0.2, 0.25) is 0 Å². The highest BCUT2D eigenvalue weighted by Crippen LogP contribution is 2.16. The van der Waals surface area contributed by atoms with E-state index in [-0.39, 0.29) is 24.0 Å². The van der Waals surface area contributed by atoms with Crippen LogP contribution in [0.25, 0.3) is 0 Å². The average molecular weight is 375 g/mol. The van der Waals surface area contributed by atoms with Crippen LogP contribution in [0.3, 0.4) is 0 Å². The molecule has 0 aliphatic carbocycles. The molecular weight excluding hydrogens is 340 g/mol. The first-order valence-electron chi connectivity index (χ1n) is 10.2. The highest BCUT2D eigenvalue weighted by atomic mass is 16.2. The van der Waals surface area contributed by atoms with Crippen molar-refractivity contribution in [3.63, 3.8) is 0 Å². The SMILES string of the molecule is CCCC(NC(C)C)C(=O)Nc1ccc(NC(=O)N2CCCCCC2)cc1. The lowest BCUT2D eigenvalue weighted by atomic mass is 10.1. The molecule has 1 unspecified atom stereocenters. The number of rotatable bonds is 7. The molecule has 0 aromatic heterocycles. The predicted octanol–water partition coefficient (Wildman–Crippen LogP) is 4.20. The van der Waals surface area contributed by atoms with Gasteiger partial charge in [-0.05, 0) is 43.5 Å². The lowest BCUT2D eigenvalue weighted by Crippen LogP contribution is -2.43. The largest absolute Gasteiger partial charge is 0.325 e. The zero-order valence-corrected chi connectivity index (χ0v) is 16.9. The van der Waals surface area contributed by atoms with E-state index in [1.165, 1.54) is 12.8 Å². The quantitative estimate of drug-likeness (QED) is 0.670. The summed E-state index contributed by atoms with van der Waals surface area (Å²) in [4.78, 5) is 26.8. The molecule has 0 spiro atoms. The van der Waals surface area contributed by atoms with Crippen LogP contribution in [0.4, 0.5) is 16.2 Å². The first-order valence-corrected chi connectivity index (χ1v) is 10.2. The van der Waals surface area contributed by atoms with E-state index in [9.17, 15) is 9.59 Å². The van der Waals surface area contributed by atoms with Gasteiger partial charge in [0.2, 0.25) is 5.91 Å². The lowest BCUT2D eigenvalue weighted by Gasteiger charge is -2.21. The highest BCUT2D eigenvalue weighted by Gasteiger charge is 2.18. The standard InChI is InChI=1S/C21H34N4O2/c1-4-9-19(22-16(2)3)20(26)23-17-10-12-18(13-11-17)24-21(27)25-14-7-5-6-8-15-25/h10-13,16,19,22H,4-9,14-15H2,1-3H3,(H,23,26)(H,24,27). The molecule has 1 aromatic carbocycles. The number of amides is 3. The van der Waals surface area contributed by atoms with Crippen LogP contribution >= 0.6 is 0 Å². The molecule has 0 bridgehead atoms. The zero-order chi connectivity index (χ0) is 19.6. The minimum absolute atomic E-state index is 0.0214. The summed E-state index contributed by atoms with van der Waals surface area (Å²) in [7, 11) is 0. The van der Waals surface area contributed by atoms with E-state index in [0.717, 1.165) is 50.1 Å². The average Bonchev–Trinajstić information content (AvgIpc) is 2.92. The molecule has 27 heavy (non-hydrogen) atoms. The van der Waals surface area contributed by atoms with Gasteiger partial charge in [-0.3, -0.25) is 4.79 Å². The molecule has 2 rings (SSSR count). The normalized spacial score (nSPS) is 15.9. The van der Waals surface area contributed by atoms with Gasteiger partial charge in [-0.1, -0.05) is 40.0 Å². The monoisotopic (exact) mass is 374 g/mol.